The van der Waals surface area contributed by atoms with Crippen LogP contribution in [0.5, 0.6) is 0 Å². The average molecular weight is 733 g/mol. The van der Waals surface area contributed by atoms with Crippen LogP contribution in [0, 0.1) is 6.92 Å². The van der Waals surface area contributed by atoms with Crippen LogP contribution in [-0.2, 0) is 0 Å². The van der Waals surface area contributed by atoms with E-state index >= 15 is 0 Å². The van der Waals surface area contributed by atoms with Gasteiger partial charge in [0.05, 0.1) is 25.4 Å². The number of unbranched alkanes of at least 4 members (excludes halogenated alkanes) is 30. The molecule has 1 rings (SSSR count). The zero-order valence-electron chi connectivity index (χ0n) is 35.3. The monoisotopic (exact) mass is 733 g/mol. The Balaban J connectivity index is 0.00000289. The summed E-state index contributed by atoms with van der Waals surface area (Å²) in [4.78, 5) is 2.69. The molecule has 0 radical (unpaired) electrons. The molecule has 52 heavy (non-hydrogen) atoms. The molecule has 0 heterocycles. The van der Waals surface area contributed by atoms with Crippen LogP contribution in [-0.4, -0.2) is 53.8 Å². The third-order valence-corrected chi connectivity index (χ3v) is 10.9. The zero-order chi connectivity index (χ0) is 38.2. The van der Waals surface area contributed by atoms with Gasteiger partial charge in [-0.15, -0.1) is 0 Å². The van der Waals surface area contributed by atoms with Gasteiger partial charge in [-0.05, 0) is 31.9 Å². The van der Waals surface area contributed by atoms with Gasteiger partial charge in [0.1, 0.15) is 0 Å². The number of aliphatic hydroxyl groups excluding tert-OH is 3. The number of aryl methyl sites for hydroxylation is 1. The largest absolute Gasteiger partial charge is 0.394 e. The van der Waals surface area contributed by atoms with Gasteiger partial charge in [-0.1, -0.05) is 224 Å². The molecule has 5 nitrogen and oxygen atoms in total. The third-order valence-electron chi connectivity index (χ3n) is 10.9. The van der Waals surface area contributed by atoms with Crippen molar-refractivity contribution in [2.24, 2.45) is 5.73 Å². The van der Waals surface area contributed by atoms with Gasteiger partial charge in [0.15, 0.2) is 0 Å². The first-order valence-corrected chi connectivity index (χ1v) is 22.9. The number of anilines is 1. The van der Waals surface area contributed by atoms with E-state index in [2.05, 4.69) is 49.9 Å². The summed E-state index contributed by atoms with van der Waals surface area (Å²) in [5.74, 6) is 0. The van der Waals surface area contributed by atoms with Crippen molar-refractivity contribution in [1.82, 2.24) is 0 Å². The van der Waals surface area contributed by atoms with Crippen molar-refractivity contribution < 1.29 is 15.3 Å². The van der Waals surface area contributed by atoms with E-state index < -0.39 is 25.4 Å². The van der Waals surface area contributed by atoms with Crippen molar-refractivity contribution in [2.75, 3.05) is 37.8 Å². The Labute approximate surface area is 325 Å². The number of aliphatic hydroxyl groups is 3. The molecular weight excluding hydrogens is 641 g/mol. The zero-order valence-corrected chi connectivity index (χ0v) is 35.3. The summed E-state index contributed by atoms with van der Waals surface area (Å²) < 4.78 is 0. The summed E-state index contributed by atoms with van der Waals surface area (Å²) in [7, 11) is 0. The molecule has 0 saturated heterocycles. The van der Waals surface area contributed by atoms with Gasteiger partial charge in [0.2, 0.25) is 0 Å². The second-order valence-electron chi connectivity index (χ2n) is 16.3. The maximum Gasteiger partial charge on any atom is 0.0856 e. The molecule has 0 spiro atoms. The number of hydrogen-bond acceptors (Lipinski definition) is 5. The summed E-state index contributed by atoms with van der Waals surface area (Å²) in [6, 6.07) is 9.30. The molecule has 1 aromatic rings. The van der Waals surface area contributed by atoms with Crippen molar-refractivity contribution in [3.63, 3.8) is 0 Å². The molecule has 5 heteroatoms. The molecule has 0 amide bonds. The van der Waals surface area contributed by atoms with Crippen molar-refractivity contribution >= 4 is 5.69 Å². The molecule has 0 aliphatic rings. The molecule has 0 atom stereocenters. The second-order valence-corrected chi connectivity index (χ2v) is 16.3. The van der Waals surface area contributed by atoms with Crippen LogP contribution in [0.25, 0.3) is 0 Å². The number of hydrogen-bond donors (Lipinski definition) is 4. The minimum absolute atomic E-state index is 0.403. The van der Waals surface area contributed by atoms with Gasteiger partial charge < -0.3 is 26.0 Å². The van der Waals surface area contributed by atoms with Gasteiger partial charge in [0.25, 0.3) is 0 Å². The standard InChI is InChI=1S/C43H81N.C4H11NO3/c1-4-6-8-10-12-14-16-18-20-22-24-26-28-30-32-34-40-44(43-38-36-42(3)37-39-43)41-35-33-31-29-27-25-23-21-19-17-15-13-11-9-7-5-2;5-4(1-6,2-7)3-8/h36-39H,4-35,40-41H2,1-3H3;6-8H,1-3,5H2. The van der Waals surface area contributed by atoms with E-state index in [0.29, 0.717) is 0 Å². The predicted molar refractivity (Wildman–Crippen MR) is 231 cm³/mol. The highest BCUT2D eigenvalue weighted by atomic mass is 16.3. The van der Waals surface area contributed by atoms with E-state index in [9.17, 15) is 0 Å². The fourth-order valence-corrected chi connectivity index (χ4v) is 6.98. The van der Waals surface area contributed by atoms with E-state index in [1.165, 1.54) is 230 Å². The van der Waals surface area contributed by atoms with Crippen LogP contribution in [0.2, 0.25) is 0 Å². The summed E-state index contributed by atoms with van der Waals surface area (Å²) in [6.07, 6.45) is 46.2. The topological polar surface area (TPSA) is 90.0 Å². The van der Waals surface area contributed by atoms with Gasteiger partial charge >= 0.3 is 0 Å². The van der Waals surface area contributed by atoms with E-state index in [4.69, 9.17) is 21.1 Å². The van der Waals surface area contributed by atoms with Crippen LogP contribution in [0.3, 0.4) is 0 Å². The fourth-order valence-electron chi connectivity index (χ4n) is 6.98. The van der Waals surface area contributed by atoms with Gasteiger partial charge in [-0.25, -0.2) is 0 Å². The number of nitrogens with zero attached hydrogens (tertiary/aromatic N) is 1. The van der Waals surface area contributed by atoms with Crippen LogP contribution < -0.4 is 10.6 Å². The predicted octanol–water partition coefficient (Wildman–Crippen LogP) is 13.0. The highest BCUT2D eigenvalue weighted by molar-refractivity contribution is 5.47. The minimum atomic E-state index is -1.21. The molecule has 0 fully saturated rings. The Morgan fingerprint density at radius 3 is 0.846 bits per heavy atom. The van der Waals surface area contributed by atoms with Gasteiger partial charge in [-0.3, -0.25) is 0 Å². The molecule has 308 valence electrons. The molecule has 0 aromatic heterocycles. The summed E-state index contributed by atoms with van der Waals surface area (Å²) >= 11 is 0. The lowest BCUT2D eigenvalue weighted by molar-refractivity contribution is 0.0697. The molecular formula is C47H92N2O3. The van der Waals surface area contributed by atoms with Gasteiger partial charge in [0, 0.05) is 18.8 Å². The molecule has 0 aliphatic heterocycles. The first-order chi connectivity index (χ1) is 25.5. The number of nitrogens with two attached hydrogens (primary N) is 1. The summed E-state index contributed by atoms with van der Waals surface area (Å²) in [6.45, 7) is 8.09. The smallest absolute Gasteiger partial charge is 0.0856 e. The molecule has 0 aliphatic carbocycles. The van der Waals surface area contributed by atoms with Crippen molar-refractivity contribution in [3.8, 4) is 0 Å². The fraction of sp³-hybridized carbons (Fsp3) is 0.872. The van der Waals surface area contributed by atoms with E-state index in [0.717, 1.165) is 0 Å². The quantitative estimate of drug-likeness (QED) is 0.0508. The van der Waals surface area contributed by atoms with Crippen molar-refractivity contribution in [1.29, 1.82) is 0 Å². The van der Waals surface area contributed by atoms with Crippen LogP contribution in [0.15, 0.2) is 24.3 Å². The lowest BCUT2D eigenvalue weighted by Crippen LogP contribution is -2.50. The summed E-state index contributed by atoms with van der Waals surface area (Å²) in [5, 5.41) is 25.0. The molecule has 0 bridgehead atoms. The summed E-state index contributed by atoms with van der Waals surface area (Å²) in [5.41, 5.74) is 6.75. The SMILES string of the molecule is CCCCCCCCCCCCCCCCCCN(CCCCCCCCCCCCCCCCCC)c1ccc(C)cc1.NC(CO)(CO)CO. The van der Waals surface area contributed by atoms with Crippen LogP contribution in [0.1, 0.15) is 225 Å². The molecule has 0 saturated carbocycles. The second kappa shape index (κ2) is 39.6. The molecule has 5 N–H and O–H groups in total. The first-order valence-electron chi connectivity index (χ1n) is 22.9. The van der Waals surface area contributed by atoms with E-state index in [1.807, 2.05) is 0 Å². The minimum Gasteiger partial charge on any atom is -0.394 e. The lowest BCUT2D eigenvalue weighted by atomic mass is 10.0. The van der Waals surface area contributed by atoms with E-state index in [1.54, 1.807) is 0 Å². The molecule has 1 aromatic carbocycles. The molecule has 0 unspecified atom stereocenters. The van der Waals surface area contributed by atoms with Crippen molar-refractivity contribution in [3.05, 3.63) is 29.8 Å². The highest BCUT2D eigenvalue weighted by Gasteiger charge is 2.20. The number of benzene rings is 1. The Hall–Kier alpha value is -1.14. The Morgan fingerprint density at radius 1 is 0.404 bits per heavy atom. The van der Waals surface area contributed by atoms with Gasteiger partial charge in [-0.2, -0.15) is 0 Å². The van der Waals surface area contributed by atoms with Crippen LogP contribution in [0.4, 0.5) is 5.69 Å². The Kier molecular flexibility index (Phi) is 38.7. The normalized spacial score (nSPS) is 11.5. The Morgan fingerprint density at radius 2 is 0.635 bits per heavy atom. The third kappa shape index (κ3) is 33.4. The van der Waals surface area contributed by atoms with Crippen LogP contribution >= 0.6 is 0 Å². The maximum absolute atomic E-state index is 8.34. The maximum atomic E-state index is 8.34. The highest BCUT2D eigenvalue weighted by Crippen LogP contribution is 2.20. The van der Waals surface area contributed by atoms with Crippen molar-refractivity contribution in [2.45, 2.75) is 232 Å². The lowest BCUT2D eigenvalue weighted by Gasteiger charge is -2.25. The first kappa shape index (κ1) is 50.9. The number of rotatable bonds is 38. The average Bonchev–Trinajstić information content (AvgIpc) is 3.17. The Bertz CT molecular complexity index is 769. The van der Waals surface area contributed by atoms with E-state index in [-0.39, 0.29) is 0 Å².